The smallest absolute Gasteiger partial charge is 0.270 e. The number of piperidine rings is 1. The summed E-state index contributed by atoms with van der Waals surface area (Å²) in [4.78, 5) is 19.8. The van der Waals surface area contributed by atoms with Crippen LogP contribution in [0.25, 0.3) is 22.5 Å². The number of benzene rings is 2. The third kappa shape index (κ3) is 5.75. The van der Waals surface area contributed by atoms with Gasteiger partial charge in [0, 0.05) is 48.6 Å². The minimum absolute atomic E-state index is 0.225. The highest BCUT2D eigenvalue weighted by molar-refractivity contribution is 5.93. The molecule has 0 bridgehead atoms. The van der Waals surface area contributed by atoms with E-state index < -0.39 is 0 Å². The Morgan fingerprint density at radius 2 is 1.98 bits per heavy atom. The summed E-state index contributed by atoms with van der Waals surface area (Å²) < 4.78 is 17.1. The van der Waals surface area contributed by atoms with Crippen LogP contribution >= 0.6 is 0 Å². The summed E-state index contributed by atoms with van der Waals surface area (Å²) in [7, 11) is 0. The molecule has 212 valence electrons. The van der Waals surface area contributed by atoms with E-state index in [2.05, 4.69) is 35.4 Å². The molecule has 0 spiro atoms. The minimum atomic E-state index is -0.388. The van der Waals surface area contributed by atoms with Gasteiger partial charge in [-0.3, -0.25) is 4.79 Å². The zero-order valence-electron chi connectivity index (χ0n) is 23.6. The van der Waals surface area contributed by atoms with Gasteiger partial charge in [0.1, 0.15) is 11.5 Å². The van der Waals surface area contributed by atoms with Crippen molar-refractivity contribution < 1.29 is 14.3 Å². The van der Waals surface area contributed by atoms with Gasteiger partial charge >= 0.3 is 0 Å². The third-order valence-corrected chi connectivity index (χ3v) is 8.23. The van der Waals surface area contributed by atoms with Gasteiger partial charge in [0.05, 0.1) is 11.8 Å². The predicted octanol–water partition coefficient (Wildman–Crippen LogP) is 5.77. The van der Waals surface area contributed by atoms with Crippen molar-refractivity contribution >= 4 is 22.8 Å². The predicted molar refractivity (Wildman–Crippen MR) is 160 cm³/mol. The zero-order chi connectivity index (χ0) is 28.5. The Morgan fingerprint density at radius 1 is 1.15 bits per heavy atom. The summed E-state index contributed by atoms with van der Waals surface area (Å²) in [6.45, 7) is 5.92. The minimum Gasteiger partial charge on any atom is -0.391 e. The first-order valence-electron chi connectivity index (χ1n) is 14.5. The lowest BCUT2D eigenvalue weighted by molar-refractivity contribution is 0.0949. The van der Waals surface area contributed by atoms with Crippen molar-refractivity contribution in [3.63, 3.8) is 0 Å². The molecule has 6 rings (SSSR count). The lowest BCUT2D eigenvalue weighted by Crippen LogP contribution is -2.38. The molecule has 8 heteroatoms. The highest BCUT2D eigenvalue weighted by atomic mass is 19.1. The Hall–Kier alpha value is -4.04. The topological polar surface area (TPSA) is 82.8 Å². The Kier molecular flexibility index (Phi) is 7.58. The summed E-state index contributed by atoms with van der Waals surface area (Å²) in [6.07, 6.45) is 6.14. The number of rotatable bonds is 8. The van der Waals surface area contributed by atoms with E-state index >= 15 is 4.39 Å². The summed E-state index contributed by atoms with van der Waals surface area (Å²) in [5.74, 6) is -0.282. The molecule has 1 unspecified atom stereocenters. The fourth-order valence-electron chi connectivity index (χ4n) is 5.69. The summed E-state index contributed by atoms with van der Waals surface area (Å²) >= 11 is 0. The van der Waals surface area contributed by atoms with Crippen molar-refractivity contribution in [2.45, 2.75) is 58.0 Å². The van der Waals surface area contributed by atoms with Crippen LogP contribution in [0.15, 0.2) is 60.7 Å². The molecule has 2 N–H and O–H groups in total. The van der Waals surface area contributed by atoms with Crippen LogP contribution in [0.4, 0.5) is 10.1 Å². The summed E-state index contributed by atoms with van der Waals surface area (Å²) in [5, 5.41) is 17.8. The monoisotopic (exact) mass is 553 g/mol. The number of nitrogens with one attached hydrogen (secondary N) is 1. The van der Waals surface area contributed by atoms with E-state index in [1.54, 1.807) is 16.6 Å². The van der Waals surface area contributed by atoms with Crippen LogP contribution in [0.2, 0.25) is 0 Å². The van der Waals surface area contributed by atoms with E-state index in [4.69, 9.17) is 5.10 Å². The fourth-order valence-corrected chi connectivity index (χ4v) is 5.69. The van der Waals surface area contributed by atoms with Crippen LogP contribution in [0, 0.1) is 5.82 Å². The number of fused-ring (bicyclic) bond motifs is 1. The molecule has 7 nitrogen and oxygen atoms in total. The third-order valence-electron chi connectivity index (χ3n) is 8.23. The number of hydrogen-bond acceptors (Lipinski definition) is 5. The number of amides is 1. The molecule has 2 aliphatic rings. The average molecular weight is 554 g/mol. The molecular formula is C33H36FN5O2. The number of nitrogens with zero attached hydrogens (tertiary/aromatic N) is 4. The van der Waals surface area contributed by atoms with Crippen LogP contribution in [0.1, 0.15) is 72.8 Å². The van der Waals surface area contributed by atoms with Crippen LogP contribution < -0.4 is 10.2 Å². The van der Waals surface area contributed by atoms with E-state index in [0.717, 1.165) is 43.6 Å². The zero-order valence-corrected chi connectivity index (χ0v) is 23.6. The first-order valence-corrected chi connectivity index (χ1v) is 14.5. The van der Waals surface area contributed by atoms with E-state index in [-0.39, 0.29) is 17.8 Å². The number of aromatic nitrogens is 3. The van der Waals surface area contributed by atoms with Gasteiger partial charge < -0.3 is 15.3 Å². The van der Waals surface area contributed by atoms with Crippen molar-refractivity contribution in [3.8, 4) is 11.3 Å². The van der Waals surface area contributed by atoms with E-state index in [1.807, 2.05) is 36.1 Å². The van der Waals surface area contributed by atoms with Gasteiger partial charge in [0.2, 0.25) is 0 Å². The Bertz CT molecular complexity index is 1620. The Labute approximate surface area is 239 Å². The second kappa shape index (κ2) is 11.4. The quantitative estimate of drug-likeness (QED) is 0.290. The van der Waals surface area contributed by atoms with Crippen LogP contribution in [0.3, 0.4) is 0 Å². The number of allylic oxidation sites excluding steroid dienone is 2. The second-order valence-electron chi connectivity index (χ2n) is 11.2. The van der Waals surface area contributed by atoms with Crippen LogP contribution in [-0.2, 0) is 6.42 Å². The Balaban J connectivity index is 1.23. The fraction of sp³-hybridized carbons (Fsp3) is 0.364. The lowest BCUT2D eigenvalue weighted by atomic mass is 9.98. The molecule has 1 saturated heterocycles. The van der Waals surface area contributed by atoms with Gasteiger partial charge in [-0.05, 0) is 86.9 Å². The molecule has 2 fully saturated rings. The number of halogens is 1. The van der Waals surface area contributed by atoms with Gasteiger partial charge in [-0.1, -0.05) is 30.3 Å². The van der Waals surface area contributed by atoms with Crippen molar-refractivity contribution in [1.29, 1.82) is 0 Å². The maximum absolute atomic E-state index is 15.3. The van der Waals surface area contributed by atoms with Crippen molar-refractivity contribution in [2.75, 3.05) is 24.5 Å². The molecule has 1 aliphatic carbocycles. The summed E-state index contributed by atoms with van der Waals surface area (Å²) in [6, 6.07) is 17.0. The van der Waals surface area contributed by atoms with Gasteiger partial charge in [-0.2, -0.15) is 5.10 Å². The molecule has 0 radical (unpaired) electrons. The number of hydrogen-bond donors (Lipinski definition) is 2. The standard InChI is InChI=1S/C33H36FN5O2/c1-3-21(2)26-9-5-4-7-22(26)14-15-35-33(41)30-18-31(23-10-11-23)39-32(36-30)19-29(37-39)27-13-12-24(17-28(27)34)38-16-6-8-25(40)20-38/h3-5,7,9,12-13,17-19,23,25,40H,6,8,10-11,14-16,20H2,1-2H3,(H,35,41)/b21-3-. The second-order valence-corrected chi connectivity index (χ2v) is 11.2. The average Bonchev–Trinajstić information content (AvgIpc) is 3.74. The molecule has 2 aromatic heterocycles. The molecule has 1 amide bonds. The molecule has 4 aromatic rings. The number of aliphatic hydroxyl groups is 1. The van der Waals surface area contributed by atoms with Gasteiger partial charge in [-0.25, -0.2) is 13.9 Å². The molecule has 3 heterocycles. The van der Waals surface area contributed by atoms with Gasteiger partial charge in [0.15, 0.2) is 5.65 Å². The molecule has 1 aliphatic heterocycles. The van der Waals surface area contributed by atoms with Gasteiger partial charge in [0.25, 0.3) is 5.91 Å². The number of carbonyl (C=O) groups is 1. The number of aliphatic hydroxyl groups excluding tert-OH is 1. The summed E-state index contributed by atoms with van der Waals surface area (Å²) in [5.41, 5.74) is 7.04. The SMILES string of the molecule is C/C=C(/C)c1ccccc1CCNC(=O)c1cc(C2CC2)n2nc(-c3ccc(N4CCCC(O)C4)cc3F)cc2n1. The van der Waals surface area contributed by atoms with Crippen molar-refractivity contribution in [1.82, 2.24) is 19.9 Å². The molecule has 1 atom stereocenters. The normalized spacial score (nSPS) is 17.7. The highest BCUT2D eigenvalue weighted by Crippen LogP contribution is 2.40. The largest absolute Gasteiger partial charge is 0.391 e. The first-order chi connectivity index (χ1) is 19.9. The highest BCUT2D eigenvalue weighted by Gasteiger charge is 2.29. The maximum Gasteiger partial charge on any atom is 0.270 e. The number of carbonyl (C=O) groups excluding carboxylic acids is 1. The van der Waals surface area contributed by atoms with Crippen molar-refractivity contribution in [3.05, 3.63) is 89.0 Å². The molecule has 41 heavy (non-hydrogen) atoms. The first kappa shape index (κ1) is 27.1. The van der Waals surface area contributed by atoms with Crippen LogP contribution in [-0.4, -0.2) is 51.4 Å². The van der Waals surface area contributed by atoms with Gasteiger partial charge in [-0.15, -0.1) is 0 Å². The lowest BCUT2D eigenvalue weighted by Gasteiger charge is -2.32. The molecular weight excluding hydrogens is 517 g/mol. The number of anilines is 1. The van der Waals surface area contributed by atoms with E-state index in [9.17, 15) is 9.90 Å². The maximum atomic E-state index is 15.3. The Morgan fingerprint density at radius 3 is 2.73 bits per heavy atom. The van der Waals surface area contributed by atoms with E-state index in [1.165, 1.54) is 22.8 Å². The molecule has 1 saturated carbocycles. The van der Waals surface area contributed by atoms with Crippen LogP contribution in [0.5, 0.6) is 0 Å². The molecule has 2 aromatic carbocycles. The number of β-amino-alcohol motifs (C(OH)–C–C–N with tert-alkyl or cyclic N) is 1. The van der Waals surface area contributed by atoms with E-state index in [0.29, 0.717) is 48.0 Å². The van der Waals surface area contributed by atoms with Crippen molar-refractivity contribution in [2.24, 2.45) is 0 Å².